The van der Waals surface area contributed by atoms with E-state index in [4.69, 9.17) is 9.84 Å². The number of carbonyl (C=O) groups is 3. The summed E-state index contributed by atoms with van der Waals surface area (Å²) < 4.78 is 5.58. The van der Waals surface area contributed by atoms with Gasteiger partial charge in [0, 0.05) is 32.0 Å². The van der Waals surface area contributed by atoms with Crippen molar-refractivity contribution in [1.82, 2.24) is 10.2 Å². The number of rotatable bonds is 9. The lowest BCUT2D eigenvalue weighted by molar-refractivity contribution is -0.138. The Balaban J connectivity index is 1.19. The van der Waals surface area contributed by atoms with Crippen molar-refractivity contribution in [3.05, 3.63) is 59.7 Å². The first-order chi connectivity index (χ1) is 16.8. The highest BCUT2D eigenvalue weighted by molar-refractivity contribution is 5.79. The molecule has 2 N–H and O–H groups in total. The summed E-state index contributed by atoms with van der Waals surface area (Å²) in [7, 11) is 0. The van der Waals surface area contributed by atoms with Crippen molar-refractivity contribution < 1.29 is 24.2 Å². The van der Waals surface area contributed by atoms with E-state index in [1.807, 2.05) is 38.1 Å². The van der Waals surface area contributed by atoms with Crippen LogP contribution in [0.15, 0.2) is 48.5 Å². The van der Waals surface area contributed by atoms with Crippen molar-refractivity contribution >= 4 is 18.0 Å². The van der Waals surface area contributed by atoms with E-state index in [-0.39, 0.29) is 42.6 Å². The summed E-state index contributed by atoms with van der Waals surface area (Å²) in [6.07, 6.45) is 0.692. The predicted molar refractivity (Wildman–Crippen MR) is 133 cm³/mol. The van der Waals surface area contributed by atoms with Gasteiger partial charge in [-0.05, 0) is 46.4 Å². The number of ether oxygens (including phenoxy) is 1. The third kappa shape index (κ3) is 5.84. The number of amides is 2. The third-order valence-corrected chi connectivity index (χ3v) is 7.35. The lowest BCUT2D eigenvalue weighted by atomic mass is 9.95. The van der Waals surface area contributed by atoms with Crippen LogP contribution in [0, 0.1) is 17.8 Å². The maximum Gasteiger partial charge on any atom is 0.407 e. The molecule has 0 aromatic heterocycles. The molecule has 0 radical (unpaired) electrons. The molecule has 1 aliphatic carbocycles. The van der Waals surface area contributed by atoms with Crippen LogP contribution in [0.2, 0.25) is 0 Å². The van der Waals surface area contributed by atoms with Crippen LogP contribution in [-0.4, -0.2) is 54.2 Å². The van der Waals surface area contributed by atoms with Crippen LogP contribution in [0.1, 0.15) is 50.2 Å². The first-order valence-corrected chi connectivity index (χ1v) is 12.4. The Bertz CT molecular complexity index is 1040. The zero-order chi connectivity index (χ0) is 24.9. The fraction of sp³-hybridized carbons (Fsp3) is 0.464. The van der Waals surface area contributed by atoms with Crippen LogP contribution in [0.25, 0.3) is 11.1 Å². The van der Waals surface area contributed by atoms with Gasteiger partial charge in [0.1, 0.15) is 6.61 Å². The summed E-state index contributed by atoms with van der Waals surface area (Å²) in [6.45, 7) is 5.83. The Hall–Kier alpha value is -3.35. The number of carboxylic acid groups (broad SMARTS) is 1. The number of nitrogens with zero attached hydrogens (tertiary/aromatic N) is 1. The summed E-state index contributed by atoms with van der Waals surface area (Å²) in [5.41, 5.74) is 4.74. The molecule has 7 heteroatoms. The molecule has 35 heavy (non-hydrogen) atoms. The van der Waals surface area contributed by atoms with Crippen LogP contribution in [0.3, 0.4) is 0 Å². The average molecular weight is 479 g/mol. The van der Waals surface area contributed by atoms with Crippen molar-refractivity contribution in [2.75, 3.05) is 26.2 Å². The third-order valence-electron chi connectivity index (χ3n) is 7.35. The number of alkyl carbamates (subject to hydrolysis) is 1. The van der Waals surface area contributed by atoms with Crippen molar-refractivity contribution in [3.63, 3.8) is 0 Å². The summed E-state index contributed by atoms with van der Waals surface area (Å²) in [4.78, 5) is 37.7. The van der Waals surface area contributed by atoms with E-state index >= 15 is 0 Å². The first kappa shape index (κ1) is 24.8. The van der Waals surface area contributed by atoms with Crippen molar-refractivity contribution in [2.45, 2.75) is 39.0 Å². The lowest BCUT2D eigenvalue weighted by Crippen LogP contribution is -2.32. The highest BCUT2D eigenvalue weighted by Crippen LogP contribution is 2.44. The number of carbonyl (C=O) groups excluding carboxylic acids is 2. The normalized spacial score (nSPS) is 19.7. The Kier molecular flexibility index (Phi) is 7.73. The molecule has 0 bridgehead atoms. The SMILES string of the molecule is CC(CCC(=O)N1C[C@@H](CC(=O)O)[C@H](C)C1)CNC(=O)OCC1c2ccccc2-c2ccccc21. The van der Waals surface area contributed by atoms with Gasteiger partial charge < -0.3 is 20.1 Å². The number of likely N-dealkylation sites (tertiary alicyclic amines) is 1. The standard InChI is InChI=1S/C28H34N2O5/c1-18(11-12-26(31)30-15-19(2)20(16-30)13-27(32)33)14-29-28(34)35-17-25-23-9-5-3-7-21(23)22-8-4-6-10-24(22)25/h3-10,18-20,25H,11-17H2,1-2H3,(H,29,34)(H,32,33)/t18?,19-,20-/m1/s1. The van der Waals surface area contributed by atoms with E-state index in [0.717, 1.165) is 0 Å². The molecule has 4 rings (SSSR count). The van der Waals surface area contributed by atoms with Gasteiger partial charge in [0.15, 0.2) is 0 Å². The molecule has 2 amide bonds. The summed E-state index contributed by atoms with van der Waals surface area (Å²) in [5, 5.41) is 11.9. The van der Waals surface area contributed by atoms with E-state index in [9.17, 15) is 14.4 Å². The summed E-state index contributed by atoms with van der Waals surface area (Å²) in [5.74, 6) is -0.404. The molecule has 2 aromatic carbocycles. The first-order valence-electron chi connectivity index (χ1n) is 12.4. The van der Waals surface area contributed by atoms with Crippen LogP contribution >= 0.6 is 0 Å². The van der Waals surface area contributed by atoms with Crippen LogP contribution in [0.4, 0.5) is 4.79 Å². The number of hydrogen-bond acceptors (Lipinski definition) is 4. The lowest BCUT2D eigenvalue weighted by Gasteiger charge is -2.18. The van der Waals surface area contributed by atoms with Gasteiger partial charge in [-0.3, -0.25) is 9.59 Å². The molecule has 2 aliphatic rings. The molecule has 1 saturated heterocycles. The molecular weight excluding hydrogens is 444 g/mol. The number of fused-ring (bicyclic) bond motifs is 3. The molecule has 0 saturated carbocycles. The fourth-order valence-electron chi connectivity index (χ4n) is 5.26. The maximum atomic E-state index is 12.6. The van der Waals surface area contributed by atoms with E-state index in [2.05, 4.69) is 29.6 Å². The van der Waals surface area contributed by atoms with Gasteiger partial charge >= 0.3 is 12.1 Å². The molecule has 0 spiro atoms. The minimum atomic E-state index is -0.816. The number of hydrogen-bond donors (Lipinski definition) is 2. The number of benzene rings is 2. The molecule has 1 aliphatic heterocycles. The van der Waals surface area contributed by atoms with Gasteiger partial charge in [-0.25, -0.2) is 4.79 Å². The highest BCUT2D eigenvalue weighted by Gasteiger charge is 2.33. The predicted octanol–water partition coefficient (Wildman–Crippen LogP) is 4.51. The zero-order valence-corrected chi connectivity index (χ0v) is 20.4. The number of aliphatic carboxylic acids is 1. The van der Waals surface area contributed by atoms with Crippen LogP contribution in [-0.2, 0) is 14.3 Å². The minimum absolute atomic E-state index is 0.0177. The van der Waals surface area contributed by atoms with Crippen molar-refractivity contribution in [2.24, 2.45) is 17.8 Å². The van der Waals surface area contributed by atoms with Crippen LogP contribution in [0.5, 0.6) is 0 Å². The smallest absolute Gasteiger partial charge is 0.407 e. The second kappa shape index (κ2) is 10.9. The fourth-order valence-corrected chi connectivity index (χ4v) is 5.26. The Morgan fingerprint density at radius 2 is 1.69 bits per heavy atom. The molecule has 1 fully saturated rings. The van der Waals surface area contributed by atoms with E-state index in [1.54, 1.807) is 4.90 Å². The van der Waals surface area contributed by atoms with Gasteiger partial charge in [0.25, 0.3) is 0 Å². The Morgan fingerprint density at radius 1 is 1.06 bits per heavy atom. The number of nitrogens with one attached hydrogen (secondary N) is 1. The molecule has 1 unspecified atom stereocenters. The summed E-state index contributed by atoms with van der Waals surface area (Å²) >= 11 is 0. The van der Waals surface area contributed by atoms with Gasteiger partial charge in [-0.15, -0.1) is 0 Å². The van der Waals surface area contributed by atoms with E-state index in [1.165, 1.54) is 22.3 Å². The largest absolute Gasteiger partial charge is 0.481 e. The molecule has 7 nitrogen and oxygen atoms in total. The second-order valence-corrected chi connectivity index (χ2v) is 9.98. The van der Waals surface area contributed by atoms with E-state index in [0.29, 0.717) is 32.5 Å². The maximum absolute atomic E-state index is 12.6. The van der Waals surface area contributed by atoms with Gasteiger partial charge in [-0.1, -0.05) is 62.4 Å². The molecular formula is C28H34N2O5. The van der Waals surface area contributed by atoms with Crippen LogP contribution < -0.4 is 5.32 Å². The molecule has 2 aromatic rings. The second-order valence-electron chi connectivity index (χ2n) is 9.98. The quantitative estimate of drug-likeness (QED) is 0.553. The minimum Gasteiger partial charge on any atom is -0.481 e. The zero-order valence-electron chi connectivity index (χ0n) is 20.4. The highest BCUT2D eigenvalue weighted by atomic mass is 16.5. The van der Waals surface area contributed by atoms with Gasteiger partial charge in [0.05, 0.1) is 6.42 Å². The Morgan fingerprint density at radius 3 is 2.31 bits per heavy atom. The molecule has 1 heterocycles. The molecule has 3 atom stereocenters. The monoisotopic (exact) mass is 478 g/mol. The summed E-state index contributed by atoms with van der Waals surface area (Å²) in [6, 6.07) is 16.5. The topological polar surface area (TPSA) is 95.9 Å². The van der Waals surface area contributed by atoms with Gasteiger partial charge in [0.2, 0.25) is 5.91 Å². The molecule has 186 valence electrons. The van der Waals surface area contributed by atoms with Crippen molar-refractivity contribution in [1.29, 1.82) is 0 Å². The average Bonchev–Trinajstić information content (AvgIpc) is 3.37. The van der Waals surface area contributed by atoms with Crippen molar-refractivity contribution in [3.8, 4) is 11.1 Å². The van der Waals surface area contributed by atoms with E-state index < -0.39 is 12.1 Å². The number of carboxylic acids is 1. The Labute approximate surface area is 206 Å². The van der Waals surface area contributed by atoms with Gasteiger partial charge in [-0.2, -0.15) is 0 Å².